The topological polar surface area (TPSA) is 55.0 Å². The lowest BCUT2D eigenvalue weighted by Gasteiger charge is -2.25. The summed E-state index contributed by atoms with van der Waals surface area (Å²) in [5, 5.41) is 1.06. The molecule has 1 saturated heterocycles. The molecule has 86 valence electrons. The Bertz CT molecular complexity index is 285. The van der Waals surface area contributed by atoms with Gasteiger partial charge in [-0.2, -0.15) is 4.37 Å². The SMILES string of the molecule is Cl.NCCc1nc(N2CCCCC2)ns1. The van der Waals surface area contributed by atoms with E-state index < -0.39 is 0 Å². The van der Waals surface area contributed by atoms with Gasteiger partial charge in [-0.25, -0.2) is 4.98 Å². The molecule has 1 fully saturated rings. The molecule has 1 aromatic rings. The van der Waals surface area contributed by atoms with E-state index in [1.54, 1.807) is 0 Å². The molecular weight excluding hydrogens is 232 g/mol. The molecule has 6 heteroatoms. The van der Waals surface area contributed by atoms with Gasteiger partial charge in [0.25, 0.3) is 0 Å². The van der Waals surface area contributed by atoms with E-state index in [-0.39, 0.29) is 12.4 Å². The predicted octanol–water partition coefficient (Wildman–Crippen LogP) is 1.45. The zero-order valence-corrected chi connectivity index (χ0v) is 10.3. The quantitative estimate of drug-likeness (QED) is 0.880. The Kier molecular flexibility index (Phi) is 5.28. The molecule has 0 aromatic carbocycles. The highest BCUT2D eigenvalue weighted by Gasteiger charge is 2.14. The molecule has 0 amide bonds. The number of anilines is 1. The lowest BCUT2D eigenvalue weighted by Crippen LogP contribution is -2.30. The minimum Gasteiger partial charge on any atom is -0.340 e. The molecule has 0 unspecified atom stereocenters. The molecule has 2 rings (SSSR count). The van der Waals surface area contributed by atoms with Crippen molar-refractivity contribution in [2.75, 3.05) is 24.5 Å². The second-order valence-corrected chi connectivity index (χ2v) is 4.41. The molecule has 2 N–H and O–H groups in total. The van der Waals surface area contributed by atoms with Gasteiger partial charge in [-0.3, -0.25) is 0 Å². The Morgan fingerprint density at radius 1 is 1.27 bits per heavy atom. The highest BCUT2D eigenvalue weighted by Crippen LogP contribution is 2.18. The lowest BCUT2D eigenvalue weighted by atomic mass is 10.1. The van der Waals surface area contributed by atoms with Crippen molar-refractivity contribution in [1.82, 2.24) is 9.36 Å². The number of hydrogen-bond donors (Lipinski definition) is 1. The number of nitrogens with two attached hydrogens (primary N) is 1. The van der Waals surface area contributed by atoms with E-state index in [4.69, 9.17) is 5.73 Å². The lowest BCUT2D eigenvalue weighted by molar-refractivity contribution is 0.570. The summed E-state index contributed by atoms with van der Waals surface area (Å²) < 4.78 is 4.36. The number of rotatable bonds is 3. The summed E-state index contributed by atoms with van der Waals surface area (Å²) in [5.74, 6) is 0.915. The van der Waals surface area contributed by atoms with Crippen LogP contribution in [-0.2, 0) is 6.42 Å². The van der Waals surface area contributed by atoms with Crippen LogP contribution in [0.25, 0.3) is 0 Å². The largest absolute Gasteiger partial charge is 0.340 e. The maximum atomic E-state index is 5.47. The van der Waals surface area contributed by atoms with E-state index in [2.05, 4.69) is 14.3 Å². The van der Waals surface area contributed by atoms with Gasteiger partial charge < -0.3 is 10.6 Å². The minimum atomic E-state index is 0. The van der Waals surface area contributed by atoms with Crippen LogP contribution in [0.3, 0.4) is 0 Å². The highest BCUT2D eigenvalue weighted by molar-refractivity contribution is 7.05. The van der Waals surface area contributed by atoms with Crippen LogP contribution in [0.4, 0.5) is 5.95 Å². The van der Waals surface area contributed by atoms with E-state index in [0.717, 1.165) is 30.5 Å². The number of hydrogen-bond acceptors (Lipinski definition) is 5. The molecule has 1 aromatic heterocycles. The minimum absolute atomic E-state index is 0. The van der Waals surface area contributed by atoms with Crippen molar-refractivity contribution >= 4 is 29.9 Å². The van der Waals surface area contributed by atoms with Crippen LogP contribution in [0.5, 0.6) is 0 Å². The normalized spacial score (nSPS) is 16.2. The average Bonchev–Trinajstić information content (AvgIpc) is 2.68. The van der Waals surface area contributed by atoms with Gasteiger partial charge in [0, 0.05) is 19.5 Å². The number of piperidine rings is 1. The second kappa shape index (κ2) is 6.25. The number of aromatic nitrogens is 2. The van der Waals surface area contributed by atoms with Crippen molar-refractivity contribution in [1.29, 1.82) is 0 Å². The molecule has 0 spiro atoms. The third-order valence-electron chi connectivity index (χ3n) is 2.45. The van der Waals surface area contributed by atoms with E-state index in [9.17, 15) is 0 Å². The van der Waals surface area contributed by atoms with Gasteiger partial charge in [0.05, 0.1) is 0 Å². The molecule has 0 aliphatic carbocycles. The number of halogens is 1. The molecule has 1 aliphatic heterocycles. The number of nitrogens with zero attached hydrogens (tertiary/aromatic N) is 3. The van der Waals surface area contributed by atoms with Crippen LogP contribution >= 0.6 is 23.9 Å². The Labute approximate surface area is 100 Å². The van der Waals surface area contributed by atoms with Crippen molar-refractivity contribution < 1.29 is 0 Å². The summed E-state index contributed by atoms with van der Waals surface area (Å²) in [6.45, 7) is 2.88. The fourth-order valence-electron chi connectivity index (χ4n) is 1.69. The van der Waals surface area contributed by atoms with Gasteiger partial charge in [-0.05, 0) is 37.3 Å². The Morgan fingerprint density at radius 2 is 2.00 bits per heavy atom. The van der Waals surface area contributed by atoms with Gasteiger partial charge in [0.15, 0.2) is 0 Å². The van der Waals surface area contributed by atoms with E-state index >= 15 is 0 Å². The van der Waals surface area contributed by atoms with Gasteiger partial charge in [-0.15, -0.1) is 12.4 Å². The summed E-state index contributed by atoms with van der Waals surface area (Å²) in [4.78, 5) is 6.75. The molecule has 15 heavy (non-hydrogen) atoms. The Balaban J connectivity index is 0.00000112. The molecule has 4 nitrogen and oxygen atoms in total. The first kappa shape index (κ1) is 12.7. The zero-order chi connectivity index (χ0) is 9.80. The third kappa shape index (κ3) is 3.29. The summed E-state index contributed by atoms with van der Waals surface area (Å²) in [6, 6.07) is 0. The Hall–Kier alpha value is -0.390. The molecule has 2 heterocycles. The summed E-state index contributed by atoms with van der Waals surface area (Å²) in [5.41, 5.74) is 5.47. The van der Waals surface area contributed by atoms with Gasteiger partial charge >= 0.3 is 0 Å². The average molecular weight is 249 g/mol. The monoisotopic (exact) mass is 248 g/mol. The highest BCUT2D eigenvalue weighted by atomic mass is 35.5. The fourth-order valence-corrected chi connectivity index (χ4v) is 2.37. The van der Waals surface area contributed by atoms with Gasteiger partial charge in [0.1, 0.15) is 5.01 Å². The van der Waals surface area contributed by atoms with Crippen LogP contribution < -0.4 is 10.6 Å². The van der Waals surface area contributed by atoms with Gasteiger partial charge in [0.2, 0.25) is 5.95 Å². The van der Waals surface area contributed by atoms with E-state index in [1.165, 1.54) is 30.8 Å². The van der Waals surface area contributed by atoms with E-state index in [1.807, 2.05) is 0 Å². The maximum absolute atomic E-state index is 5.47. The first-order valence-electron chi connectivity index (χ1n) is 5.18. The summed E-state index contributed by atoms with van der Waals surface area (Å²) in [7, 11) is 0. The molecule has 0 atom stereocenters. The molecular formula is C9H17ClN4S. The maximum Gasteiger partial charge on any atom is 0.237 e. The van der Waals surface area contributed by atoms with E-state index in [0.29, 0.717) is 6.54 Å². The first-order valence-corrected chi connectivity index (χ1v) is 5.95. The second-order valence-electron chi connectivity index (χ2n) is 3.57. The standard InChI is InChI=1S/C9H16N4S.ClH/c10-5-4-8-11-9(12-14-8)13-6-2-1-3-7-13;/h1-7,10H2;1H. The van der Waals surface area contributed by atoms with Crippen LogP contribution in [0.15, 0.2) is 0 Å². The van der Waals surface area contributed by atoms with Crippen molar-refractivity contribution in [3.8, 4) is 0 Å². The van der Waals surface area contributed by atoms with Crippen LogP contribution in [0.2, 0.25) is 0 Å². The zero-order valence-electron chi connectivity index (χ0n) is 8.69. The summed E-state index contributed by atoms with van der Waals surface area (Å²) >= 11 is 1.48. The molecule has 0 saturated carbocycles. The van der Waals surface area contributed by atoms with Crippen LogP contribution in [-0.4, -0.2) is 29.0 Å². The van der Waals surface area contributed by atoms with Crippen molar-refractivity contribution in [3.63, 3.8) is 0 Å². The van der Waals surface area contributed by atoms with Crippen molar-refractivity contribution in [2.45, 2.75) is 25.7 Å². The predicted molar refractivity (Wildman–Crippen MR) is 66.0 cm³/mol. The molecule has 1 aliphatic rings. The van der Waals surface area contributed by atoms with Crippen LogP contribution in [0, 0.1) is 0 Å². The fraction of sp³-hybridized carbons (Fsp3) is 0.778. The Morgan fingerprint density at radius 3 is 2.67 bits per heavy atom. The van der Waals surface area contributed by atoms with Crippen molar-refractivity contribution in [2.24, 2.45) is 5.73 Å². The summed E-state index contributed by atoms with van der Waals surface area (Å²) in [6.07, 6.45) is 4.73. The van der Waals surface area contributed by atoms with Gasteiger partial charge in [-0.1, -0.05) is 0 Å². The molecule has 0 radical (unpaired) electrons. The van der Waals surface area contributed by atoms with Crippen molar-refractivity contribution in [3.05, 3.63) is 5.01 Å². The first-order chi connectivity index (χ1) is 6.90. The van der Waals surface area contributed by atoms with Crippen LogP contribution in [0.1, 0.15) is 24.3 Å². The third-order valence-corrected chi connectivity index (χ3v) is 3.22. The molecule has 0 bridgehead atoms. The smallest absolute Gasteiger partial charge is 0.237 e.